The Kier molecular flexibility index (Phi) is 5.44. The highest BCUT2D eigenvalue weighted by Crippen LogP contribution is 2.50. The molecule has 0 amide bonds. The van der Waals surface area contributed by atoms with Crippen LogP contribution in [0.3, 0.4) is 0 Å². The first kappa shape index (κ1) is 23.2. The fourth-order valence-electron chi connectivity index (χ4n) is 5.46. The van der Waals surface area contributed by atoms with E-state index in [0.717, 1.165) is 55.8 Å². The molecule has 0 radical (unpaired) electrons. The average molecular weight is 515 g/mol. The van der Waals surface area contributed by atoms with Crippen molar-refractivity contribution in [1.82, 2.24) is 19.6 Å². The second kappa shape index (κ2) is 9.13. The highest BCUT2D eigenvalue weighted by molar-refractivity contribution is 5.91. The molecule has 4 aromatic carbocycles. The van der Waals surface area contributed by atoms with E-state index in [4.69, 9.17) is 29.3 Å². The van der Waals surface area contributed by atoms with Gasteiger partial charge in [0.05, 0.1) is 12.7 Å². The third-order valence-electron chi connectivity index (χ3n) is 7.34. The van der Waals surface area contributed by atoms with Gasteiger partial charge in [0.2, 0.25) is 5.88 Å². The van der Waals surface area contributed by atoms with E-state index in [9.17, 15) is 0 Å². The Morgan fingerprint density at radius 1 is 0.897 bits per heavy atom. The maximum absolute atomic E-state index is 6.52. The zero-order valence-corrected chi connectivity index (χ0v) is 21.9. The number of benzene rings is 4. The predicted molar refractivity (Wildman–Crippen MR) is 149 cm³/mol. The lowest BCUT2D eigenvalue weighted by Crippen LogP contribution is -2.15. The fraction of sp³-hybridized carbons (Fsp3) is 0.156. The molecule has 7 rings (SSSR count). The van der Waals surface area contributed by atoms with Gasteiger partial charge in [-0.25, -0.2) is 14.5 Å². The van der Waals surface area contributed by atoms with Crippen LogP contribution in [0.1, 0.15) is 39.6 Å². The minimum atomic E-state index is -0.160. The van der Waals surface area contributed by atoms with Crippen molar-refractivity contribution >= 4 is 16.4 Å². The molecular formula is C32H26N4O3. The first-order valence-electron chi connectivity index (χ1n) is 12.9. The summed E-state index contributed by atoms with van der Waals surface area (Å²) < 4.78 is 19.8. The molecule has 1 aliphatic rings. The Hall–Kier alpha value is -4.91. The molecule has 7 heteroatoms. The molecule has 2 aromatic heterocycles. The van der Waals surface area contributed by atoms with E-state index >= 15 is 0 Å². The summed E-state index contributed by atoms with van der Waals surface area (Å²) >= 11 is 0. The summed E-state index contributed by atoms with van der Waals surface area (Å²) in [6.07, 6.45) is 1.66. The molecule has 0 N–H and O–H groups in total. The van der Waals surface area contributed by atoms with Gasteiger partial charge >= 0.3 is 0 Å². The van der Waals surface area contributed by atoms with Gasteiger partial charge in [-0.3, -0.25) is 0 Å². The van der Waals surface area contributed by atoms with Crippen LogP contribution >= 0.6 is 0 Å². The van der Waals surface area contributed by atoms with E-state index in [0.29, 0.717) is 17.4 Å². The van der Waals surface area contributed by atoms with Crippen molar-refractivity contribution in [2.75, 3.05) is 7.11 Å². The number of hydrogen-bond donors (Lipinski definition) is 0. The summed E-state index contributed by atoms with van der Waals surface area (Å²) in [5, 5.41) is 6.86. The molecule has 0 saturated heterocycles. The van der Waals surface area contributed by atoms with Crippen LogP contribution in [0.5, 0.6) is 23.1 Å². The van der Waals surface area contributed by atoms with Crippen LogP contribution in [0.2, 0.25) is 0 Å². The second-order valence-electron chi connectivity index (χ2n) is 9.78. The number of aromatic nitrogens is 4. The zero-order valence-electron chi connectivity index (χ0n) is 21.9. The maximum Gasteiger partial charge on any atom is 0.228 e. The van der Waals surface area contributed by atoms with Crippen LogP contribution in [0.15, 0.2) is 85.2 Å². The Labute approximate surface area is 225 Å². The van der Waals surface area contributed by atoms with Crippen LogP contribution in [0, 0.1) is 13.8 Å². The van der Waals surface area contributed by atoms with E-state index < -0.39 is 0 Å². The molecule has 3 heterocycles. The number of hydrogen-bond acceptors (Lipinski definition) is 6. The Bertz CT molecular complexity index is 1840. The Morgan fingerprint density at radius 3 is 2.49 bits per heavy atom. The lowest BCUT2D eigenvalue weighted by molar-refractivity contribution is 0.292. The molecule has 0 unspecified atom stereocenters. The van der Waals surface area contributed by atoms with Gasteiger partial charge < -0.3 is 14.2 Å². The van der Waals surface area contributed by atoms with Crippen molar-refractivity contribution in [3.05, 3.63) is 119 Å². The summed E-state index contributed by atoms with van der Waals surface area (Å²) in [7, 11) is 1.67. The summed E-state index contributed by atoms with van der Waals surface area (Å²) in [4.78, 5) is 9.62. The lowest BCUT2D eigenvalue weighted by Gasteiger charge is -2.28. The van der Waals surface area contributed by atoms with E-state index in [2.05, 4.69) is 36.4 Å². The van der Waals surface area contributed by atoms with Crippen molar-refractivity contribution in [3.8, 4) is 23.1 Å². The number of fused-ring (bicyclic) bond motifs is 6. The molecule has 1 aliphatic heterocycles. The molecule has 1 atom stereocenters. The fourth-order valence-corrected chi connectivity index (χ4v) is 5.46. The smallest absolute Gasteiger partial charge is 0.228 e. The average Bonchev–Trinajstić information content (AvgIpc) is 3.39. The minimum absolute atomic E-state index is 0.160. The van der Waals surface area contributed by atoms with Crippen molar-refractivity contribution in [2.45, 2.75) is 26.4 Å². The molecule has 7 nitrogen and oxygen atoms in total. The highest BCUT2D eigenvalue weighted by atomic mass is 16.5. The molecule has 0 bridgehead atoms. The van der Waals surface area contributed by atoms with Crippen LogP contribution < -0.4 is 14.2 Å². The highest BCUT2D eigenvalue weighted by Gasteiger charge is 2.34. The van der Waals surface area contributed by atoms with Gasteiger partial charge in [-0.05, 0) is 48.1 Å². The molecular weight excluding hydrogens is 488 g/mol. The predicted octanol–water partition coefficient (Wildman–Crippen LogP) is 6.77. The molecule has 39 heavy (non-hydrogen) atoms. The minimum Gasteiger partial charge on any atom is -0.497 e. The number of methoxy groups -OCH3 is 1. The van der Waals surface area contributed by atoms with Gasteiger partial charge in [-0.1, -0.05) is 66.7 Å². The Morgan fingerprint density at radius 2 is 1.69 bits per heavy atom. The monoisotopic (exact) mass is 514 g/mol. The summed E-state index contributed by atoms with van der Waals surface area (Å²) in [5.41, 5.74) is 5.86. The van der Waals surface area contributed by atoms with Gasteiger partial charge in [0.25, 0.3) is 0 Å². The van der Waals surface area contributed by atoms with Gasteiger partial charge in [0.15, 0.2) is 11.5 Å². The molecule has 0 fully saturated rings. The SMILES string of the molecule is COc1ccc([C@@H]2c3ccc4ccccc4c3Oc3ncn4nc(COc5c(C)cccc5C)nc4c32)cc1. The second-order valence-corrected chi connectivity index (χ2v) is 9.78. The maximum atomic E-state index is 6.52. The van der Waals surface area contributed by atoms with Gasteiger partial charge in [-0.15, -0.1) is 5.10 Å². The van der Waals surface area contributed by atoms with E-state index in [1.807, 2.05) is 56.3 Å². The van der Waals surface area contributed by atoms with Crippen molar-refractivity contribution in [2.24, 2.45) is 0 Å². The van der Waals surface area contributed by atoms with E-state index in [1.165, 1.54) is 0 Å². The van der Waals surface area contributed by atoms with E-state index in [1.54, 1.807) is 18.0 Å². The number of rotatable bonds is 5. The van der Waals surface area contributed by atoms with Crippen molar-refractivity contribution in [3.63, 3.8) is 0 Å². The largest absolute Gasteiger partial charge is 0.497 e. The number of aryl methyl sites for hydroxylation is 2. The first-order chi connectivity index (χ1) is 19.1. The normalized spacial score (nSPS) is 14.1. The van der Waals surface area contributed by atoms with Gasteiger partial charge in [0, 0.05) is 16.9 Å². The topological polar surface area (TPSA) is 70.8 Å². The number of nitrogens with zero attached hydrogens (tertiary/aromatic N) is 4. The van der Waals surface area contributed by atoms with Crippen LogP contribution in [0.4, 0.5) is 0 Å². The van der Waals surface area contributed by atoms with Gasteiger partial charge in [0.1, 0.15) is 30.2 Å². The molecule has 192 valence electrons. The molecule has 0 spiro atoms. The van der Waals surface area contributed by atoms with Crippen molar-refractivity contribution in [1.29, 1.82) is 0 Å². The van der Waals surface area contributed by atoms with E-state index in [-0.39, 0.29) is 12.5 Å². The molecule has 0 aliphatic carbocycles. The quantitative estimate of drug-likeness (QED) is 0.253. The lowest BCUT2D eigenvalue weighted by atomic mass is 9.83. The van der Waals surface area contributed by atoms with Crippen LogP contribution in [0.25, 0.3) is 16.4 Å². The Balaban J connectivity index is 1.37. The first-order valence-corrected chi connectivity index (χ1v) is 12.9. The summed E-state index contributed by atoms with van der Waals surface area (Å²) in [5.74, 6) is 3.42. The molecule has 6 aromatic rings. The van der Waals surface area contributed by atoms with Gasteiger partial charge in [-0.2, -0.15) is 0 Å². The molecule has 0 saturated carbocycles. The zero-order chi connectivity index (χ0) is 26.5. The summed E-state index contributed by atoms with van der Waals surface area (Å²) in [6.45, 7) is 4.33. The van der Waals surface area contributed by atoms with Crippen LogP contribution in [-0.2, 0) is 6.61 Å². The van der Waals surface area contributed by atoms with Crippen molar-refractivity contribution < 1.29 is 14.2 Å². The summed E-state index contributed by atoms with van der Waals surface area (Å²) in [6, 6.07) is 26.8. The number of ether oxygens (including phenoxy) is 3. The standard InChI is InChI=1S/C32H26N4O3/c1-19-7-6-8-20(2)29(19)38-17-26-34-31-28-27(22-11-14-23(37-3)15-12-22)25-16-13-21-9-4-5-10-24(21)30(25)39-32(28)33-18-36(31)35-26/h4-16,18,27H,17H2,1-3H3/t27-/m1/s1. The third kappa shape index (κ3) is 3.85. The third-order valence-corrected chi connectivity index (χ3v) is 7.34. The number of para-hydroxylation sites is 1. The van der Waals surface area contributed by atoms with Crippen LogP contribution in [-0.4, -0.2) is 26.7 Å².